The number of hydrogen-bond donors (Lipinski definition) is 3. The van der Waals surface area contributed by atoms with Gasteiger partial charge in [0.05, 0.1) is 72.9 Å². The van der Waals surface area contributed by atoms with Gasteiger partial charge in [-0.1, -0.05) is 27.8 Å². The average Bonchev–Trinajstić information content (AvgIpc) is 3.58. The lowest BCUT2D eigenvalue weighted by Gasteiger charge is -2.16. The number of nitrogens with zero attached hydrogens (tertiary/aromatic N) is 1. The van der Waals surface area contributed by atoms with Gasteiger partial charge in [0, 0.05) is 43.0 Å². The summed E-state index contributed by atoms with van der Waals surface area (Å²) in [5.41, 5.74) is 3.32. The number of methoxy groups -OCH3 is 4. The van der Waals surface area contributed by atoms with E-state index in [2.05, 4.69) is 139 Å². The first-order valence-corrected chi connectivity index (χ1v) is 21.4. The van der Waals surface area contributed by atoms with Crippen LogP contribution < -0.4 is 20.1 Å². The van der Waals surface area contributed by atoms with E-state index in [1.54, 1.807) is 14.2 Å². The number of amides is 2. The van der Waals surface area contributed by atoms with Crippen LogP contribution in [-0.4, -0.2) is 79.2 Å². The minimum atomic E-state index is -0.838. The SMILES string of the molecule is C#CCBr.C#CCn1c(Br)c(C[C@H](NC(C)=O)C(=O)OC)c2c(Br)c(OC)c(Br)cc21.COC(=O)[C@H](Cc1c(Br)[nH]c2cc(Br)c(OC)c(Br)c12)NC(C)=O. The summed E-state index contributed by atoms with van der Waals surface area (Å²) < 4.78 is 26.8. The van der Waals surface area contributed by atoms with Crippen molar-refractivity contribution in [1.29, 1.82) is 0 Å². The predicted molar refractivity (Wildman–Crippen MR) is 238 cm³/mol. The molecule has 0 bridgehead atoms. The molecule has 2 atom stereocenters. The third-order valence-electron chi connectivity index (χ3n) is 7.50. The van der Waals surface area contributed by atoms with E-state index in [9.17, 15) is 19.2 Å². The lowest BCUT2D eigenvalue weighted by atomic mass is 10.0. The van der Waals surface area contributed by atoms with Gasteiger partial charge in [0.25, 0.3) is 0 Å². The first-order valence-electron chi connectivity index (χ1n) is 15.5. The summed E-state index contributed by atoms with van der Waals surface area (Å²) in [6.07, 6.45) is 10.7. The highest BCUT2D eigenvalue weighted by atomic mass is 79.9. The Morgan fingerprint density at radius 1 is 0.764 bits per heavy atom. The Morgan fingerprint density at radius 3 is 1.64 bits per heavy atom. The number of benzene rings is 2. The quantitative estimate of drug-likeness (QED) is 0.0770. The zero-order chi connectivity index (χ0) is 41.7. The van der Waals surface area contributed by atoms with Crippen molar-refractivity contribution in [3.8, 4) is 36.2 Å². The number of terminal acetylenes is 2. The summed E-state index contributed by atoms with van der Waals surface area (Å²) in [6.45, 7) is 3.03. The van der Waals surface area contributed by atoms with Crippen molar-refractivity contribution in [3.05, 3.63) is 50.4 Å². The van der Waals surface area contributed by atoms with E-state index < -0.39 is 24.0 Å². The minimum absolute atomic E-state index is 0.213. The molecule has 0 aliphatic rings. The van der Waals surface area contributed by atoms with Crippen molar-refractivity contribution in [1.82, 2.24) is 20.2 Å². The van der Waals surface area contributed by atoms with Gasteiger partial charge in [-0.3, -0.25) is 9.59 Å². The first-order chi connectivity index (χ1) is 26.0. The number of ether oxygens (including phenoxy) is 4. The Morgan fingerprint density at radius 2 is 1.22 bits per heavy atom. The molecule has 2 amide bonds. The van der Waals surface area contributed by atoms with Crippen molar-refractivity contribution < 1.29 is 38.1 Å². The van der Waals surface area contributed by atoms with Crippen LogP contribution >= 0.6 is 112 Å². The maximum atomic E-state index is 12.2. The molecule has 2 aromatic heterocycles. The second-order valence-electron chi connectivity index (χ2n) is 11.0. The second-order valence-corrected chi connectivity index (χ2v) is 16.4. The highest BCUT2D eigenvalue weighted by Crippen LogP contribution is 2.45. The van der Waals surface area contributed by atoms with Crippen molar-refractivity contribution in [2.45, 2.75) is 45.3 Å². The molecule has 0 unspecified atom stereocenters. The molecule has 296 valence electrons. The summed E-state index contributed by atoms with van der Waals surface area (Å²) in [5.74, 6) is 4.56. The number of aromatic amines is 1. The maximum absolute atomic E-state index is 12.2. The molecular formula is C36H35Br7N4O8. The zero-order valence-corrected chi connectivity index (χ0v) is 41.3. The number of halogens is 7. The molecule has 0 fully saturated rings. The first kappa shape index (κ1) is 48.6. The Balaban J connectivity index is 0.000000348. The number of nitrogens with one attached hydrogen (secondary N) is 3. The molecular weight excluding hydrogens is 1180 g/mol. The van der Waals surface area contributed by atoms with Crippen LogP contribution in [0, 0.1) is 24.7 Å². The van der Waals surface area contributed by atoms with Gasteiger partial charge < -0.3 is 39.1 Å². The number of carbonyl (C=O) groups is 4. The number of H-pyrrole nitrogens is 1. The number of fused-ring (bicyclic) bond motifs is 2. The predicted octanol–water partition coefficient (Wildman–Crippen LogP) is 8.49. The Kier molecular flexibility index (Phi) is 20.4. The third-order valence-corrected chi connectivity index (χ3v) is 12.1. The molecule has 19 heteroatoms. The highest BCUT2D eigenvalue weighted by molar-refractivity contribution is 9.12. The van der Waals surface area contributed by atoms with Crippen LogP contribution in [0.3, 0.4) is 0 Å². The van der Waals surface area contributed by atoms with Crippen LogP contribution in [0.15, 0.2) is 39.2 Å². The molecule has 12 nitrogen and oxygen atoms in total. The summed E-state index contributed by atoms with van der Waals surface area (Å²) >= 11 is 24.2. The molecule has 0 saturated heterocycles. The molecule has 0 radical (unpaired) electrons. The van der Waals surface area contributed by atoms with Crippen molar-refractivity contribution in [3.63, 3.8) is 0 Å². The molecule has 2 aromatic carbocycles. The Hall–Kier alpha value is -2.52. The fourth-order valence-corrected chi connectivity index (χ4v) is 9.92. The van der Waals surface area contributed by atoms with Crippen LogP contribution in [0.25, 0.3) is 21.8 Å². The maximum Gasteiger partial charge on any atom is 0.328 e. The van der Waals surface area contributed by atoms with E-state index in [0.717, 1.165) is 55.6 Å². The van der Waals surface area contributed by atoms with E-state index in [-0.39, 0.29) is 24.7 Å². The van der Waals surface area contributed by atoms with Crippen LogP contribution in [0.1, 0.15) is 25.0 Å². The largest absolute Gasteiger partial charge is 0.494 e. The summed E-state index contributed by atoms with van der Waals surface area (Å²) in [6, 6.07) is 2.16. The van der Waals surface area contributed by atoms with Crippen molar-refractivity contribution >= 4 is 157 Å². The van der Waals surface area contributed by atoms with Gasteiger partial charge in [0.1, 0.15) is 23.6 Å². The van der Waals surface area contributed by atoms with Gasteiger partial charge in [-0.05, 0) is 119 Å². The fourth-order valence-electron chi connectivity index (χ4n) is 5.33. The van der Waals surface area contributed by atoms with Gasteiger partial charge in [-0.25, -0.2) is 9.59 Å². The van der Waals surface area contributed by atoms with Crippen molar-refractivity contribution in [2.75, 3.05) is 33.8 Å². The zero-order valence-electron chi connectivity index (χ0n) is 30.2. The summed E-state index contributed by atoms with van der Waals surface area (Å²) in [5, 5.41) is 7.60. The molecule has 2 heterocycles. The molecule has 0 saturated carbocycles. The van der Waals surface area contributed by atoms with Gasteiger partial charge >= 0.3 is 11.9 Å². The number of carbonyl (C=O) groups excluding carboxylic acids is 4. The fraction of sp³-hybridized carbons (Fsp3) is 0.333. The third kappa shape index (κ3) is 12.2. The normalized spacial score (nSPS) is 11.4. The molecule has 4 rings (SSSR count). The molecule has 55 heavy (non-hydrogen) atoms. The number of hydrogen-bond acceptors (Lipinski definition) is 8. The number of alkyl halides is 1. The van der Waals surface area contributed by atoms with E-state index in [1.807, 2.05) is 16.7 Å². The molecule has 4 aromatic rings. The number of esters is 2. The van der Waals surface area contributed by atoms with Crippen LogP contribution in [-0.2, 0) is 48.0 Å². The molecule has 0 aliphatic carbocycles. The van der Waals surface area contributed by atoms with Crippen LogP contribution in [0.2, 0.25) is 0 Å². The lowest BCUT2D eigenvalue weighted by molar-refractivity contribution is -0.145. The number of aromatic nitrogens is 2. The van der Waals surface area contributed by atoms with E-state index in [0.29, 0.717) is 27.8 Å². The van der Waals surface area contributed by atoms with Gasteiger partial charge in [0.15, 0.2) is 0 Å². The Labute approximate surface area is 377 Å². The monoisotopic (exact) mass is 1200 g/mol. The number of rotatable bonds is 11. The minimum Gasteiger partial charge on any atom is -0.494 e. The van der Waals surface area contributed by atoms with Gasteiger partial charge in [0.2, 0.25) is 11.8 Å². The Bertz CT molecular complexity index is 2150. The summed E-state index contributed by atoms with van der Waals surface area (Å²) in [4.78, 5) is 50.3. The highest BCUT2D eigenvalue weighted by Gasteiger charge is 2.29. The molecule has 0 aliphatic heterocycles. The van der Waals surface area contributed by atoms with Crippen LogP contribution in [0.4, 0.5) is 0 Å². The second kappa shape index (κ2) is 23.0. The van der Waals surface area contributed by atoms with Crippen LogP contribution in [0.5, 0.6) is 11.5 Å². The average molecular weight is 1210 g/mol. The van der Waals surface area contributed by atoms with E-state index in [4.69, 9.17) is 31.8 Å². The summed E-state index contributed by atoms with van der Waals surface area (Å²) in [7, 11) is 5.71. The smallest absolute Gasteiger partial charge is 0.328 e. The lowest BCUT2D eigenvalue weighted by Crippen LogP contribution is -2.42. The van der Waals surface area contributed by atoms with E-state index >= 15 is 0 Å². The standard InChI is InChI=1S/C18H17Br3N2O4.C15H15Br3N2O4.C3H3Br/c1-5-6-23-13-8-11(19)16(26-3)15(20)14(13)10(17(23)21)7-12(18(25)27-4)22-9(2)24;1-6(21)19-10(15(22)24-3)4-7-11-9(20-14(7)18)5-8(16)13(23-2)12(11)17;1-2-3-4/h1,8,12H,6-7H2,2-4H3,(H,22,24);5,10,20H,4H2,1-3H3,(H,19,21);1H,3H2/t12-;10-;/m00./s1. The van der Waals surface area contributed by atoms with Gasteiger partial charge in [-0.15, -0.1) is 12.8 Å². The topological polar surface area (TPSA) is 150 Å². The molecule has 3 N–H and O–H groups in total. The van der Waals surface area contributed by atoms with Gasteiger partial charge in [-0.2, -0.15) is 0 Å². The van der Waals surface area contributed by atoms with E-state index in [1.165, 1.54) is 28.1 Å². The molecule has 0 spiro atoms. The van der Waals surface area contributed by atoms with Crippen molar-refractivity contribution in [2.24, 2.45) is 0 Å².